The van der Waals surface area contributed by atoms with E-state index in [0.29, 0.717) is 32.8 Å². The van der Waals surface area contributed by atoms with Gasteiger partial charge >= 0.3 is 5.97 Å². The van der Waals surface area contributed by atoms with Crippen LogP contribution < -0.4 is 14.8 Å². The fourth-order valence-corrected chi connectivity index (χ4v) is 4.11. The molecule has 0 aliphatic carbocycles. The van der Waals surface area contributed by atoms with Crippen LogP contribution in [0.1, 0.15) is 15.4 Å². The first kappa shape index (κ1) is 22.6. The summed E-state index contributed by atoms with van der Waals surface area (Å²) in [4.78, 5) is 30.5. The van der Waals surface area contributed by atoms with Crippen LogP contribution in [0, 0.1) is 6.92 Å². The highest BCUT2D eigenvalue weighted by atomic mass is 32.2. The van der Waals surface area contributed by atoms with E-state index in [1.165, 1.54) is 11.3 Å². The Morgan fingerprint density at radius 2 is 1.77 bits per heavy atom. The molecule has 9 heteroatoms. The fourth-order valence-electron chi connectivity index (χ4n) is 2.75. The number of benzene rings is 2. The van der Waals surface area contributed by atoms with Crippen molar-refractivity contribution in [1.82, 2.24) is 4.98 Å². The average Bonchev–Trinajstić information content (AvgIpc) is 3.19. The van der Waals surface area contributed by atoms with Crippen molar-refractivity contribution in [1.29, 1.82) is 0 Å². The molecule has 0 unspecified atom stereocenters. The molecule has 1 aromatic heterocycles. The van der Waals surface area contributed by atoms with E-state index in [1.807, 2.05) is 24.5 Å². The number of hydrogen-bond donors (Lipinski definition) is 1. The van der Waals surface area contributed by atoms with E-state index in [1.54, 1.807) is 57.2 Å². The third-order valence-corrected chi connectivity index (χ3v) is 6.25. The summed E-state index contributed by atoms with van der Waals surface area (Å²) < 4.78 is 15.8. The van der Waals surface area contributed by atoms with Gasteiger partial charge in [-0.2, -0.15) is 0 Å². The first-order valence-electron chi connectivity index (χ1n) is 9.26. The van der Waals surface area contributed by atoms with E-state index >= 15 is 0 Å². The minimum Gasteiger partial charge on any atom is -0.493 e. The molecule has 0 saturated carbocycles. The number of aromatic nitrogens is 1. The van der Waals surface area contributed by atoms with Crippen molar-refractivity contribution in [3.8, 4) is 22.1 Å². The Balaban J connectivity index is 1.64. The molecule has 31 heavy (non-hydrogen) atoms. The first-order valence-corrected chi connectivity index (χ1v) is 11.3. The van der Waals surface area contributed by atoms with Gasteiger partial charge in [-0.05, 0) is 55.6 Å². The highest BCUT2D eigenvalue weighted by Crippen LogP contribution is 2.35. The molecule has 3 aromatic rings. The molecule has 1 N–H and O–H groups in total. The molecule has 0 atom stereocenters. The van der Waals surface area contributed by atoms with Crippen LogP contribution in [-0.4, -0.2) is 43.9 Å². The zero-order valence-electron chi connectivity index (χ0n) is 17.6. The van der Waals surface area contributed by atoms with Crippen molar-refractivity contribution >= 4 is 40.7 Å². The standard InChI is InChI=1S/C22H22N2O5S2/c1-13-20(31-21(23-13)14-5-10-17(27-2)18(11-14)28-3)22(26)29-12-19(25)24-15-6-8-16(30-4)9-7-15/h5-11H,12H2,1-4H3,(H,24,25). The molecule has 0 aliphatic rings. The fraction of sp³-hybridized carbons (Fsp3) is 0.227. The maximum atomic E-state index is 12.5. The van der Waals surface area contributed by atoms with Gasteiger partial charge in [-0.1, -0.05) is 0 Å². The molecule has 2 aromatic carbocycles. The Kier molecular flexibility index (Phi) is 7.54. The van der Waals surface area contributed by atoms with Crippen LogP contribution in [0.2, 0.25) is 0 Å². The molecular formula is C22H22N2O5S2. The smallest absolute Gasteiger partial charge is 0.350 e. The normalized spacial score (nSPS) is 10.5. The van der Waals surface area contributed by atoms with Gasteiger partial charge in [0, 0.05) is 16.1 Å². The molecule has 1 amide bonds. The number of methoxy groups -OCH3 is 2. The number of aryl methyl sites for hydroxylation is 1. The number of carbonyl (C=O) groups excluding carboxylic acids is 2. The predicted octanol–water partition coefficient (Wildman–Crippen LogP) is 4.65. The number of thiazole rings is 1. The minimum absolute atomic E-state index is 0.349. The van der Waals surface area contributed by atoms with Gasteiger partial charge in [0.15, 0.2) is 18.1 Å². The van der Waals surface area contributed by atoms with Gasteiger partial charge in [0.2, 0.25) is 0 Å². The molecule has 0 bridgehead atoms. The summed E-state index contributed by atoms with van der Waals surface area (Å²) in [5, 5.41) is 3.35. The van der Waals surface area contributed by atoms with Gasteiger partial charge in [-0.3, -0.25) is 4.79 Å². The quantitative estimate of drug-likeness (QED) is 0.388. The average molecular weight is 459 g/mol. The van der Waals surface area contributed by atoms with E-state index < -0.39 is 11.9 Å². The summed E-state index contributed by atoms with van der Waals surface area (Å²) in [6, 6.07) is 12.8. The molecule has 0 spiro atoms. The van der Waals surface area contributed by atoms with Crippen molar-refractivity contribution in [3.05, 3.63) is 53.0 Å². The van der Waals surface area contributed by atoms with Crippen molar-refractivity contribution in [2.24, 2.45) is 0 Å². The number of carbonyl (C=O) groups is 2. The van der Waals surface area contributed by atoms with Crippen molar-refractivity contribution < 1.29 is 23.8 Å². The Morgan fingerprint density at radius 1 is 1.06 bits per heavy atom. The Hall–Kier alpha value is -3.04. The van der Waals surface area contributed by atoms with Crippen LogP contribution in [0.15, 0.2) is 47.4 Å². The summed E-state index contributed by atoms with van der Waals surface area (Å²) in [7, 11) is 3.12. The third-order valence-electron chi connectivity index (χ3n) is 4.32. The highest BCUT2D eigenvalue weighted by molar-refractivity contribution is 7.98. The molecule has 0 aliphatic heterocycles. The number of anilines is 1. The second-order valence-electron chi connectivity index (χ2n) is 6.36. The summed E-state index contributed by atoms with van der Waals surface area (Å²) in [5.74, 6) is 0.176. The van der Waals surface area contributed by atoms with Gasteiger partial charge in [0.25, 0.3) is 5.91 Å². The molecule has 0 fully saturated rings. The predicted molar refractivity (Wildman–Crippen MR) is 123 cm³/mol. The van der Waals surface area contributed by atoms with Gasteiger partial charge in [0.05, 0.1) is 19.9 Å². The second kappa shape index (κ2) is 10.3. The van der Waals surface area contributed by atoms with Gasteiger partial charge in [-0.15, -0.1) is 23.1 Å². The van der Waals surface area contributed by atoms with Crippen LogP contribution in [0.5, 0.6) is 11.5 Å². The number of ether oxygens (including phenoxy) is 3. The molecule has 7 nitrogen and oxygen atoms in total. The van der Waals surface area contributed by atoms with Crippen molar-refractivity contribution in [2.45, 2.75) is 11.8 Å². The largest absolute Gasteiger partial charge is 0.493 e. The molecule has 3 rings (SSSR count). The summed E-state index contributed by atoms with van der Waals surface area (Å²) in [6.45, 7) is 1.34. The van der Waals surface area contributed by atoms with E-state index in [4.69, 9.17) is 14.2 Å². The Morgan fingerprint density at radius 3 is 2.42 bits per heavy atom. The van der Waals surface area contributed by atoms with Gasteiger partial charge < -0.3 is 19.5 Å². The number of thioether (sulfide) groups is 1. The third kappa shape index (κ3) is 5.56. The van der Waals surface area contributed by atoms with E-state index in [-0.39, 0.29) is 6.61 Å². The molecule has 0 radical (unpaired) electrons. The lowest BCUT2D eigenvalue weighted by Crippen LogP contribution is -2.20. The van der Waals surface area contributed by atoms with Crippen LogP contribution in [0.3, 0.4) is 0 Å². The topological polar surface area (TPSA) is 86.8 Å². The van der Waals surface area contributed by atoms with E-state index in [2.05, 4.69) is 10.3 Å². The zero-order valence-corrected chi connectivity index (χ0v) is 19.2. The molecule has 0 saturated heterocycles. The van der Waals surface area contributed by atoms with Gasteiger partial charge in [-0.25, -0.2) is 9.78 Å². The maximum Gasteiger partial charge on any atom is 0.350 e. The van der Waals surface area contributed by atoms with Crippen LogP contribution in [0.25, 0.3) is 10.6 Å². The molecule has 162 valence electrons. The summed E-state index contributed by atoms with van der Waals surface area (Å²) in [5.41, 5.74) is 1.97. The number of amides is 1. The number of rotatable bonds is 8. The Bertz CT molecular complexity index is 1080. The lowest BCUT2D eigenvalue weighted by atomic mass is 10.2. The first-order chi connectivity index (χ1) is 14.9. The van der Waals surface area contributed by atoms with Crippen molar-refractivity contribution in [2.75, 3.05) is 32.4 Å². The zero-order chi connectivity index (χ0) is 22.4. The van der Waals surface area contributed by atoms with Crippen molar-refractivity contribution in [3.63, 3.8) is 0 Å². The molecule has 1 heterocycles. The monoisotopic (exact) mass is 458 g/mol. The lowest BCUT2D eigenvalue weighted by Gasteiger charge is -2.08. The maximum absolute atomic E-state index is 12.5. The van der Waals surface area contributed by atoms with Crippen LogP contribution in [-0.2, 0) is 9.53 Å². The van der Waals surface area contributed by atoms with Crippen LogP contribution in [0.4, 0.5) is 5.69 Å². The van der Waals surface area contributed by atoms with Crippen LogP contribution >= 0.6 is 23.1 Å². The Labute approximate surface area is 188 Å². The number of esters is 1. The lowest BCUT2D eigenvalue weighted by molar-refractivity contribution is -0.119. The summed E-state index contributed by atoms with van der Waals surface area (Å²) in [6.07, 6.45) is 1.98. The highest BCUT2D eigenvalue weighted by Gasteiger charge is 2.19. The van der Waals surface area contributed by atoms with E-state index in [0.717, 1.165) is 10.5 Å². The molecular weight excluding hydrogens is 436 g/mol. The summed E-state index contributed by atoms with van der Waals surface area (Å²) >= 11 is 2.81. The number of nitrogens with one attached hydrogen (secondary N) is 1. The SMILES string of the molecule is COc1ccc(-c2nc(C)c(C(=O)OCC(=O)Nc3ccc(SC)cc3)s2)cc1OC. The minimum atomic E-state index is -0.588. The van der Waals surface area contributed by atoms with E-state index in [9.17, 15) is 9.59 Å². The number of hydrogen-bond acceptors (Lipinski definition) is 8. The second-order valence-corrected chi connectivity index (χ2v) is 8.23. The number of nitrogens with zero attached hydrogens (tertiary/aromatic N) is 1. The van der Waals surface area contributed by atoms with Gasteiger partial charge in [0.1, 0.15) is 9.88 Å².